The van der Waals surface area contributed by atoms with Crippen LogP contribution in [0.1, 0.15) is 47.1 Å². The van der Waals surface area contributed by atoms with E-state index < -0.39 is 29.2 Å². The topological polar surface area (TPSA) is 156 Å². The van der Waals surface area contributed by atoms with Crippen LogP contribution in [-0.2, 0) is 25.5 Å². The van der Waals surface area contributed by atoms with Crippen LogP contribution >= 0.6 is 0 Å². The van der Waals surface area contributed by atoms with Crippen LogP contribution in [0.5, 0.6) is 0 Å². The number of halogens is 1. The van der Waals surface area contributed by atoms with Gasteiger partial charge in [0.25, 0.3) is 5.89 Å². The maximum absolute atomic E-state index is 15.2. The van der Waals surface area contributed by atoms with Gasteiger partial charge < -0.3 is 29.0 Å². The van der Waals surface area contributed by atoms with E-state index in [1.165, 1.54) is 12.1 Å². The molecule has 1 unspecified atom stereocenters. The molecule has 1 saturated heterocycles. The zero-order valence-corrected chi connectivity index (χ0v) is 27.5. The Kier molecular flexibility index (Phi) is 11.0. The number of aldehydes is 1. The monoisotopic (exact) mass is 652 g/mol. The Morgan fingerprint density at radius 1 is 0.979 bits per heavy atom. The third-order valence-corrected chi connectivity index (χ3v) is 6.84. The van der Waals surface area contributed by atoms with E-state index in [2.05, 4.69) is 20.8 Å². The highest BCUT2D eigenvalue weighted by atomic mass is 19.1. The Hall–Kier alpha value is -4.85. The lowest BCUT2D eigenvalue weighted by molar-refractivity contribution is -0.125. The van der Waals surface area contributed by atoms with Gasteiger partial charge in [-0.3, -0.25) is 15.0 Å². The summed E-state index contributed by atoms with van der Waals surface area (Å²) in [5.41, 5.74) is 0.443. The van der Waals surface area contributed by atoms with E-state index in [4.69, 9.17) is 14.0 Å². The summed E-state index contributed by atoms with van der Waals surface area (Å²) in [5.74, 6) is -0.780. The van der Waals surface area contributed by atoms with Gasteiger partial charge in [-0.05, 0) is 89.9 Å². The molecule has 3 aromatic rings. The molecule has 1 aliphatic rings. The Morgan fingerprint density at radius 2 is 1.64 bits per heavy atom. The average molecular weight is 653 g/mol. The van der Waals surface area contributed by atoms with Crippen LogP contribution in [0.4, 0.5) is 19.7 Å². The number of carbonyl (C=O) groups excluding carboxylic acids is 4. The standard InChI is InChI=1S/C33H41FN6O7/c1-32(2,3)45-30(43)36-23-10-8-22(9-11-23)29-37-28(38-47-29)25-12-7-21(18-26(25)34)17-24(20-41)35-27(42)19-39-13-15-40(16-14-39)31(44)46-33(4,5)6/h7-12,18,20,24H,13-17,19H2,1-6H3,(H,35,42)(H,36,43). The molecule has 13 nitrogen and oxygen atoms in total. The Balaban J connectivity index is 1.29. The van der Waals surface area contributed by atoms with Crippen molar-refractivity contribution in [3.63, 3.8) is 0 Å². The number of aromatic nitrogens is 2. The van der Waals surface area contributed by atoms with Crippen LogP contribution in [0.25, 0.3) is 22.8 Å². The Labute approximate surface area is 272 Å². The molecule has 1 aliphatic heterocycles. The minimum Gasteiger partial charge on any atom is -0.444 e. The summed E-state index contributed by atoms with van der Waals surface area (Å²) in [7, 11) is 0. The molecule has 2 N–H and O–H groups in total. The smallest absolute Gasteiger partial charge is 0.412 e. The van der Waals surface area contributed by atoms with Gasteiger partial charge in [0.05, 0.1) is 18.2 Å². The molecule has 4 rings (SSSR count). The van der Waals surface area contributed by atoms with E-state index in [-0.39, 0.29) is 42.2 Å². The highest BCUT2D eigenvalue weighted by Gasteiger charge is 2.27. The molecule has 0 saturated carbocycles. The molecule has 0 bridgehead atoms. The van der Waals surface area contributed by atoms with E-state index in [1.54, 1.807) is 76.8 Å². The van der Waals surface area contributed by atoms with Gasteiger partial charge in [-0.25, -0.2) is 14.0 Å². The van der Waals surface area contributed by atoms with Gasteiger partial charge in [-0.15, -0.1) is 0 Å². The van der Waals surface area contributed by atoms with Crippen LogP contribution in [0, 0.1) is 5.82 Å². The van der Waals surface area contributed by atoms with Gasteiger partial charge in [0.1, 0.15) is 23.3 Å². The molecule has 0 radical (unpaired) electrons. The molecule has 2 aromatic carbocycles. The molecule has 3 amide bonds. The SMILES string of the molecule is CC(C)(C)OC(=O)Nc1ccc(-c2nc(-c3ccc(CC(C=O)NC(=O)CN4CCN(C(=O)OC(C)(C)C)CC4)cc3F)no2)cc1. The Bertz CT molecular complexity index is 1570. The molecule has 0 aliphatic carbocycles. The second-order valence-electron chi connectivity index (χ2n) is 13.2. The maximum atomic E-state index is 15.2. The van der Waals surface area contributed by atoms with Crippen molar-refractivity contribution in [3.8, 4) is 22.8 Å². The summed E-state index contributed by atoms with van der Waals surface area (Å²) < 4.78 is 31.1. The molecule has 1 atom stereocenters. The molecule has 47 heavy (non-hydrogen) atoms. The number of nitrogens with zero attached hydrogens (tertiary/aromatic N) is 4. The second kappa shape index (κ2) is 14.7. The minimum atomic E-state index is -0.861. The van der Waals surface area contributed by atoms with Crippen LogP contribution in [0.2, 0.25) is 0 Å². The first-order valence-electron chi connectivity index (χ1n) is 15.3. The van der Waals surface area contributed by atoms with Crippen molar-refractivity contribution in [3.05, 3.63) is 53.8 Å². The summed E-state index contributed by atoms with van der Waals surface area (Å²) in [6.07, 6.45) is -0.274. The van der Waals surface area contributed by atoms with Gasteiger partial charge in [0.2, 0.25) is 11.7 Å². The summed E-state index contributed by atoms with van der Waals surface area (Å²) in [5, 5.41) is 9.23. The fourth-order valence-corrected chi connectivity index (χ4v) is 4.69. The number of hydrogen-bond donors (Lipinski definition) is 2. The minimum absolute atomic E-state index is 0.0343. The first-order chi connectivity index (χ1) is 22.1. The fourth-order valence-electron chi connectivity index (χ4n) is 4.69. The van der Waals surface area contributed by atoms with Crippen molar-refractivity contribution >= 4 is 30.1 Å². The average Bonchev–Trinajstić information content (AvgIpc) is 3.45. The summed E-state index contributed by atoms with van der Waals surface area (Å²) in [4.78, 5) is 56.5. The predicted molar refractivity (Wildman–Crippen MR) is 171 cm³/mol. The molecule has 2 heterocycles. The van der Waals surface area contributed by atoms with E-state index in [9.17, 15) is 19.2 Å². The van der Waals surface area contributed by atoms with Crippen LogP contribution < -0.4 is 10.6 Å². The normalized spacial score (nSPS) is 14.7. The molecular weight excluding hydrogens is 611 g/mol. The van der Waals surface area contributed by atoms with Crippen LogP contribution in [-0.4, -0.2) is 94.3 Å². The van der Waals surface area contributed by atoms with Crippen molar-refractivity contribution in [2.45, 2.75) is 65.2 Å². The lowest BCUT2D eigenvalue weighted by Crippen LogP contribution is -2.52. The number of amides is 3. The van der Waals surface area contributed by atoms with Crippen LogP contribution in [0.15, 0.2) is 47.0 Å². The number of ether oxygens (including phenoxy) is 2. The lowest BCUT2D eigenvalue weighted by Gasteiger charge is -2.35. The maximum Gasteiger partial charge on any atom is 0.412 e. The van der Waals surface area contributed by atoms with Crippen molar-refractivity contribution in [1.82, 2.24) is 25.3 Å². The molecule has 14 heteroatoms. The first-order valence-corrected chi connectivity index (χ1v) is 15.3. The number of hydrogen-bond acceptors (Lipinski definition) is 10. The summed E-state index contributed by atoms with van der Waals surface area (Å²) in [6, 6.07) is 10.1. The third kappa shape index (κ3) is 10.6. The number of carbonyl (C=O) groups is 4. The van der Waals surface area contributed by atoms with Crippen molar-refractivity contribution in [2.24, 2.45) is 0 Å². The number of rotatable bonds is 9. The summed E-state index contributed by atoms with van der Waals surface area (Å²) in [6.45, 7) is 12.6. The number of benzene rings is 2. The van der Waals surface area contributed by atoms with Crippen molar-refractivity contribution in [2.75, 3.05) is 38.0 Å². The van der Waals surface area contributed by atoms with Gasteiger partial charge >= 0.3 is 12.2 Å². The molecule has 252 valence electrons. The van der Waals surface area contributed by atoms with Gasteiger partial charge in [0.15, 0.2) is 0 Å². The van der Waals surface area contributed by atoms with E-state index in [1.807, 2.05) is 4.90 Å². The second-order valence-corrected chi connectivity index (χ2v) is 13.2. The molecule has 1 aromatic heterocycles. The highest BCUT2D eigenvalue weighted by molar-refractivity contribution is 5.85. The van der Waals surface area contributed by atoms with E-state index >= 15 is 4.39 Å². The van der Waals surface area contributed by atoms with Gasteiger partial charge in [0, 0.05) is 37.4 Å². The van der Waals surface area contributed by atoms with Crippen molar-refractivity contribution < 1.29 is 37.6 Å². The fraction of sp³-hybridized carbons (Fsp3) is 0.455. The van der Waals surface area contributed by atoms with Gasteiger partial charge in [-0.1, -0.05) is 11.2 Å². The van der Waals surface area contributed by atoms with Crippen LogP contribution in [0.3, 0.4) is 0 Å². The molecule has 1 fully saturated rings. The number of piperazine rings is 1. The third-order valence-electron chi connectivity index (χ3n) is 6.84. The number of nitrogens with one attached hydrogen (secondary N) is 2. The number of anilines is 1. The van der Waals surface area contributed by atoms with E-state index in [0.29, 0.717) is 49.3 Å². The highest BCUT2D eigenvalue weighted by Crippen LogP contribution is 2.26. The first kappa shape index (κ1) is 35.0. The quantitative estimate of drug-likeness (QED) is 0.312. The molecule has 0 spiro atoms. The summed E-state index contributed by atoms with van der Waals surface area (Å²) >= 11 is 0. The predicted octanol–water partition coefficient (Wildman–Crippen LogP) is 4.67. The van der Waals surface area contributed by atoms with Crippen molar-refractivity contribution in [1.29, 1.82) is 0 Å². The largest absolute Gasteiger partial charge is 0.444 e. The Morgan fingerprint density at radius 3 is 2.23 bits per heavy atom. The zero-order chi connectivity index (χ0) is 34.4. The van der Waals surface area contributed by atoms with E-state index in [0.717, 1.165) is 0 Å². The lowest BCUT2D eigenvalue weighted by atomic mass is 10.0. The molecular formula is C33H41FN6O7. The zero-order valence-electron chi connectivity index (χ0n) is 27.5. The van der Waals surface area contributed by atoms with Gasteiger partial charge in [-0.2, -0.15) is 4.98 Å².